The maximum atomic E-state index is 14.3. The minimum absolute atomic E-state index is 0.0862. The van der Waals surface area contributed by atoms with Crippen molar-refractivity contribution in [3.8, 4) is 5.75 Å². The van der Waals surface area contributed by atoms with E-state index in [9.17, 15) is 14.4 Å². The molecule has 8 rings (SSSR count). The molecule has 1 N–H and O–H groups in total. The standard InChI is InChI=1S/C42H33BrClN3O4/c43-37-22-27(13-16-38(37)51-25-26-11-14-30(44)15-12-26)21-36-40(48)45-42(50)47(41(36)49)31-23-34-32(28-7-3-1-4-8-28)17-19-46-20-18-33(35(24-31)39(34)46)29-9-5-2-6-10-29/h1-16,21-24,32-33H,17-20,25H2,(H,45,48,50)/b36-21+/t32-,33+. The number of hydrogen-bond acceptors (Lipinski definition) is 5. The Labute approximate surface area is 309 Å². The topological polar surface area (TPSA) is 79.0 Å². The summed E-state index contributed by atoms with van der Waals surface area (Å²) in [5, 5.41) is 3.08. The van der Waals surface area contributed by atoms with Gasteiger partial charge in [0.2, 0.25) is 0 Å². The number of nitrogens with zero attached hydrogens (tertiary/aromatic N) is 2. The summed E-state index contributed by atoms with van der Waals surface area (Å²) in [6.07, 6.45) is 3.33. The molecule has 3 heterocycles. The first-order chi connectivity index (χ1) is 24.8. The molecule has 0 aromatic heterocycles. The summed E-state index contributed by atoms with van der Waals surface area (Å²) in [5.41, 5.74) is 7.59. The van der Waals surface area contributed by atoms with E-state index in [1.165, 1.54) is 22.9 Å². The molecule has 2 atom stereocenters. The van der Waals surface area contributed by atoms with Gasteiger partial charge in [0.05, 0.1) is 10.2 Å². The van der Waals surface area contributed by atoms with Gasteiger partial charge in [-0.05, 0) is 105 Å². The third-order valence-corrected chi connectivity index (χ3v) is 10.8. The summed E-state index contributed by atoms with van der Waals surface area (Å²) in [5.74, 6) is -0.645. The molecule has 1 saturated heterocycles. The van der Waals surface area contributed by atoms with Crippen LogP contribution >= 0.6 is 27.5 Å². The van der Waals surface area contributed by atoms with Gasteiger partial charge in [0.25, 0.3) is 11.8 Å². The molecule has 5 aromatic carbocycles. The van der Waals surface area contributed by atoms with Crippen molar-refractivity contribution in [2.24, 2.45) is 0 Å². The van der Waals surface area contributed by atoms with Gasteiger partial charge in [-0.15, -0.1) is 0 Å². The largest absolute Gasteiger partial charge is 0.488 e. The van der Waals surface area contributed by atoms with Crippen LogP contribution in [0.2, 0.25) is 5.02 Å². The van der Waals surface area contributed by atoms with Gasteiger partial charge >= 0.3 is 6.03 Å². The summed E-state index contributed by atoms with van der Waals surface area (Å²) in [4.78, 5) is 44.6. The van der Waals surface area contributed by atoms with Crippen LogP contribution in [-0.4, -0.2) is 30.9 Å². The molecule has 1 fully saturated rings. The number of ether oxygens (including phenoxy) is 1. The van der Waals surface area contributed by atoms with Crippen LogP contribution < -0.4 is 19.9 Å². The number of carbonyl (C=O) groups is 3. The van der Waals surface area contributed by atoms with E-state index in [2.05, 4.69) is 50.4 Å². The number of amides is 4. The van der Waals surface area contributed by atoms with Crippen LogP contribution in [0.3, 0.4) is 0 Å². The van der Waals surface area contributed by atoms with Gasteiger partial charge in [0.1, 0.15) is 17.9 Å². The van der Waals surface area contributed by atoms with Crippen molar-refractivity contribution in [3.05, 3.63) is 164 Å². The van der Waals surface area contributed by atoms with E-state index >= 15 is 0 Å². The van der Waals surface area contributed by atoms with Gasteiger partial charge < -0.3 is 9.64 Å². The van der Waals surface area contributed by atoms with E-state index in [0.717, 1.165) is 47.5 Å². The highest BCUT2D eigenvalue weighted by atomic mass is 79.9. The third-order valence-electron chi connectivity index (χ3n) is 9.93. The lowest BCUT2D eigenvalue weighted by molar-refractivity contribution is -0.122. The fraction of sp³-hybridized carbons (Fsp3) is 0.167. The Morgan fingerprint density at radius 1 is 0.784 bits per heavy atom. The summed E-state index contributed by atoms with van der Waals surface area (Å²) < 4.78 is 6.64. The van der Waals surface area contributed by atoms with Crippen molar-refractivity contribution in [2.75, 3.05) is 22.9 Å². The molecule has 3 aliphatic heterocycles. The number of rotatable bonds is 7. The SMILES string of the molecule is O=C1NC(=O)N(c2cc3c4c(c2)[C@H](c2ccccc2)CCN4CC[C@@H]3c2ccccc2)C(=O)/C1=C/c1ccc(OCc2ccc(Cl)cc2)c(Br)c1. The van der Waals surface area contributed by atoms with Crippen LogP contribution in [0.4, 0.5) is 16.2 Å². The first-order valence-electron chi connectivity index (χ1n) is 16.9. The number of anilines is 2. The van der Waals surface area contributed by atoms with E-state index in [1.54, 1.807) is 18.2 Å². The second kappa shape index (κ2) is 13.9. The predicted molar refractivity (Wildman–Crippen MR) is 203 cm³/mol. The maximum Gasteiger partial charge on any atom is 0.335 e. The molecule has 0 aliphatic carbocycles. The Morgan fingerprint density at radius 2 is 1.39 bits per heavy atom. The molecule has 7 nitrogen and oxygen atoms in total. The van der Waals surface area contributed by atoms with Crippen LogP contribution in [0.5, 0.6) is 5.75 Å². The quantitative estimate of drug-likeness (QED) is 0.132. The van der Waals surface area contributed by atoms with E-state index in [-0.39, 0.29) is 17.4 Å². The molecule has 4 amide bonds. The molecule has 0 unspecified atom stereocenters. The lowest BCUT2D eigenvalue weighted by Crippen LogP contribution is -2.54. The number of imide groups is 2. The first kappa shape index (κ1) is 33.0. The number of carbonyl (C=O) groups excluding carboxylic acids is 3. The summed E-state index contributed by atoms with van der Waals surface area (Å²) in [6.45, 7) is 2.18. The van der Waals surface area contributed by atoms with Crippen LogP contribution in [0.15, 0.2) is 125 Å². The predicted octanol–water partition coefficient (Wildman–Crippen LogP) is 9.23. The molecular weight excluding hydrogens is 726 g/mol. The molecule has 3 aliphatic rings. The van der Waals surface area contributed by atoms with Gasteiger partial charge in [-0.3, -0.25) is 14.9 Å². The minimum atomic E-state index is -0.766. The molecule has 0 saturated carbocycles. The van der Waals surface area contributed by atoms with E-state index in [4.69, 9.17) is 16.3 Å². The summed E-state index contributed by atoms with van der Waals surface area (Å²) in [7, 11) is 0. The molecule has 0 spiro atoms. The van der Waals surface area contributed by atoms with Crippen LogP contribution in [-0.2, 0) is 16.2 Å². The van der Waals surface area contributed by atoms with Crippen LogP contribution in [0.25, 0.3) is 6.08 Å². The number of halogens is 2. The van der Waals surface area contributed by atoms with Crippen molar-refractivity contribution in [2.45, 2.75) is 31.3 Å². The van der Waals surface area contributed by atoms with Gasteiger partial charge in [-0.25, -0.2) is 9.69 Å². The van der Waals surface area contributed by atoms with Crippen LogP contribution in [0.1, 0.15) is 58.1 Å². The minimum Gasteiger partial charge on any atom is -0.488 e. The number of urea groups is 1. The van der Waals surface area contributed by atoms with Crippen molar-refractivity contribution in [1.29, 1.82) is 0 Å². The van der Waals surface area contributed by atoms with Crippen molar-refractivity contribution >= 4 is 62.8 Å². The smallest absolute Gasteiger partial charge is 0.335 e. The highest BCUT2D eigenvalue weighted by molar-refractivity contribution is 9.10. The zero-order chi connectivity index (χ0) is 35.1. The van der Waals surface area contributed by atoms with Crippen molar-refractivity contribution < 1.29 is 19.1 Å². The highest BCUT2D eigenvalue weighted by Crippen LogP contribution is 2.50. The van der Waals surface area contributed by atoms with Gasteiger partial charge in [-0.2, -0.15) is 0 Å². The Hall–Kier alpha value is -5.18. The molecule has 0 bridgehead atoms. The number of hydrogen-bond donors (Lipinski definition) is 1. The molecular formula is C42H33BrClN3O4. The average Bonchev–Trinajstić information content (AvgIpc) is 3.14. The highest BCUT2D eigenvalue weighted by Gasteiger charge is 2.40. The zero-order valence-electron chi connectivity index (χ0n) is 27.5. The monoisotopic (exact) mass is 757 g/mol. The van der Waals surface area contributed by atoms with Gasteiger partial charge in [-0.1, -0.05) is 90.5 Å². The Balaban J connectivity index is 1.16. The lowest BCUT2D eigenvalue weighted by Gasteiger charge is -2.44. The second-order valence-corrected chi connectivity index (χ2v) is 14.3. The lowest BCUT2D eigenvalue weighted by atomic mass is 9.76. The molecule has 51 heavy (non-hydrogen) atoms. The normalized spacial score (nSPS) is 19.2. The summed E-state index contributed by atoms with van der Waals surface area (Å²) >= 11 is 9.57. The second-order valence-electron chi connectivity index (χ2n) is 13.0. The number of barbiturate groups is 1. The molecule has 0 radical (unpaired) electrons. The Kier molecular flexibility index (Phi) is 8.96. The van der Waals surface area contributed by atoms with Gasteiger partial charge in [0.15, 0.2) is 0 Å². The Morgan fingerprint density at radius 3 is 1.98 bits per heavy atom. The number of nitrogens with one attached hydrogen (secondary N) is 1. The van der Waals surface area contributed by atoms with E-state index in [0.29, 0.717) is 33.1 Å². The molecule has 5 aromatic rings. The van der Waals surface area contributed by atoms with Crippen molar-refractivity contribution in [1.82, 2.24) is 5.32 Å². The maximum absolute atomic E-state index is 14.3. The zero-order valence-corrected chi connectivity index (χ0v) is 29.9. The van der Waals surface area contributed by atoms with Gasteiger partial charge in [0, 0.05) is 35.6 Å². The number of benzene rings is 5. The Bertz CT molecular complexity index is 2120. The third kappa shape index (κ3) is 6.46. The van der Waals surface area contributed by atoms with Crippen LogP contribution in [0, 0.1) is 0 Å². The average molecular weight is 759 g/mol. The van der Waals surface area contributed by atoms with E-state index in [1.807, 2.05) is 72.8 Å². The fourth-order valence-electron chi connectivity index (χ4n) is 7.49. The van der Waals surface area contributed by atoms with E-state index < -0.39 is 17.8 Å². The fourth-order valence-corrected chi connectivity index (χ4v) is 8.13. The molecule has 254 valence electrons. The molecule has 9 heteroatoms. The first-order valence-corrected chi connectivity index (χ1v) is 18.1. The summed E-state index contributed by atoms with van der Waals surface area (Å²) in [6, 6.07) is 36.7. The van der Waals surface area contributed by atoms with Crippen molar-refractivity contribution in [3.63, 3.8) is 0 Å².